The molecule has 0 bridgehead atoms. The molecule has 0 aliphatic heterocycles. The zero-order chi connectivity index (χ0) is 16.4. The summed E-state index contributed by atoms with van der Waals surface area (Å²) in [5.41, 5.74) is -0.762. The van der Waals surface area contributed by atoms with Gasteiger partial charge in [0.2, 0.25) is 5.03 Å². The molecule has 4 N–H and O–H groups in total. The first-order valence-corrected chi connectivity index (χ1v) is 7.48. The average Bonchev–Trinajstić information content (AvgIpc) is 2.33. The van der Waals surface area contributed by atoms with E-state index in [2.05, 4.69) is 15.3 Å². The second-order valence-electron chi connectivity index (χ2n) is 4.76. The van der Waals surface area contributed by atoms with Crippen molar-refractivity contribution < 1.29 is 28.0 Å². The van der Waals surface area contributed by atoms with E-state index in [4.69, 9.17) is 9.66 Å². The molecule has 0 fully saturated rings. The third-order valence-electron chi connectivity index (χ3n) is 2.77. The SMILES string of the molecule is Cc1nc(NC(CO)C(C)C)c(C(=O)O)c(S(=O)(=O)O)n1. The number of anilines is 1. The summed E-state index contributed by atoms with van der Waals surface area (Å²) in [5.74, 6) is -1.97. The quantitative estimate of drug-likeness (QED) is 0.424. The van der Waals surface area contributed by atoms with E-state index in [1.807, 2.05) is 0 Å². The van der Waals surface area contributed by atoms with E-state index in [0.29, 0.717) is 0 Å². The number of aromatic nitrogens is 2. The van der Waals surface area contributed by atoms with E-state index in [1.54, 1.807) is 13.8 Å². The van der Waals surface area contributed by atoms with Crippen LogP contribution >= 0.6 is 0 Å². The number of aliphatic hydroxyl groups excluding tert-OH is 1. The number of aromatic carboxylic acids is 1. The highest BCUT2D eigenvalue weighted by molar-refractivity contribution is 7.85. The minimum absolute atomic E-state index is 0.0319. The molecule has 1 aromatic rings. The van der Waals surface area contributed by atoms with Gasteiger partial charge in [-0.1, -0.05) is 13.8 Å². The Bertz CT molecular complexity index is 644. The normalized spacial score (nSPS) is 13.2. The predicted octanol–water partition coefficient (Wildman–Crippen LogP) is 0.159. The molecule has 0 saturated carbocycles. The number of rotatable bonds is 6. The summed E-state index contributed by atoms with van der Waals surface area (Å²) < 4.78 is 31.7. The lowest BCUT2D eigenvalue weighted by Crippen LogP contribution is -2.31. The highest BCUT2D eigenvalue weighted by atomic mass is 32.2. The Morgan fingerprint density at radius 3 is 2.29 bits per heavy atom. The summed E-state index contributed by atoms with van der Waals surface area (Å²) in [6, 6.07) is -0.536. The number of aryl methyl sites for hydroxylation is 1. The van der Waals surface area contributed by atoms with Gasteiger partial charge in [0.25, 0.3) is 0 Å². The first-order chi connectivity index (χ1) is 9.57. The minimum Gasteiger partial charge on any atom is -0.477 e. The van der Waals surface area contributed by atoms with E-state index >= 15 is 0 Å². The van der Waals surface area contributed by atoms with E-state index in [9.17, 15) is 18.3 Å². The van der Waals surface area contributed by atoms with Gasteiger partial charge >= 0.3 is 16.1 Å². The molecule has 0 aromatic carbocycles. The van der Waals surface area contributed by atoms with E-state index in [1.165, 1.54) is 6.92 Å². The van der Waals surface area contributed by atoms with Crippen molar-refractivity contribution in [2.24, 2.45) is 5.92 Å². The number of hydrogen-bond acceptors (Lipinski definition) is 7. The second kappa shape index (κ2) is 6.33. The molecule has 0 saturated heterocycles. The Kier molecular flexibility index (Phi) is 5.20. The largest absolute Gasteiger partial charge is 0.477 e. The molecular formula is C11H17N3O6S. The smallest absolute Gasteiger partial charge is 0.342 e. The van der Waals surface area contributed by atoms with E-state index < -0.39 is 32.7 Å². The third kappa shape index (κ3) is 4.09. The van der Waals surface area contributed by atoms with Gasteiger partial charge in [-0.3, -0.25) is 4.55 Å². The van der Waals surface area contributed by atoms with Gasteiger partial charge in [0.15, 0.2) is 0 Å². The molecule has 1 aromatic heterocycles. The van der Waals surface area contributed by atoms with Crippen molar-refractivity contribution in [3.63, 3.8) is 0 Å². The maximum atomic E-state index is 11.3. The molecule has 1 heterocycles. The van der Waals surface area contributed by atoms with Crippen LogP contribution in [0.4, 0.5) is 5.82 Å². The molecule has 0 aliphatic rings. The molecule has 0 amide bonds. The van der Waals surface area contributed by atoms with Crippen molar-refractivity contribution in [3.8, 4) is 0 Å². The zero-order valence-corrected chi connectivity index (χ0v) is 12.5. The van der Waals surface area contributed by atoms with Crippen molar-refractivity contribution >= 4 is 21.9 Å². The Morgan fingerprint density at radius 1 is 1.33 bits per heavy atom. The lowest BCUT2D eigenvalue weighted by atomic mass is 10.1. The van der Waals surface area contributed by atoms with Gasteiger partial charge in [-0.15, -0.1) is 0 Å². The number of aliphatic hydroxyl groups is 1. The molecule has 9 nitrogen and oxygen atoms in total. The van der Waals surface area contributed by atoms with Crippen LogP contribution in [0.15, 0.2) is 5.03 Å². The molecule has 0 spiro atoms. The number of nitrogens with zero attached hydrogens (tertiary/aromatic N) is 2. The van der Waals surface area contributed by atoms with Crippen LogP contribution in [0, 0.1) is 12.8 Å². The Hall–Kier alpha value is -1.78. The predicted molar refractivity (Wildman–Crippen MR) is 72.9 cm³/mol. The number of carboxylic acid groups (broad SMARTS) is 1. The van der Waals surface area contributed by atoms with Crippen LogP contribution in [0.3, 0.4) is 0 Å². The fourth-order valence-corrected chi connectivity index (χ4v) is 2.32. The van der Waals surface area contributed by atoms with Gasteiger partial charge in [-0.25, -0.2) is 14.8 Å². The Balaban J connectivity index is 3.51. The van der Waals surface area contributed by atoms with Crippen molar-refractivity contribution in [3.05, 3.63) is 11.4 Å². The topological polar surface area (TPSA) is 150 Å². The highest BCUT2D eigenvalue weighted by Crippen LogP contribution is 2.22. The van der Waals surface area contributed by atoms with Crippen LogP contribution in [0.2, 0.25) is 0 Å². The summed E-state index contributed by atoms with van der Waals surface area (Å²) in [4.78, 5) is 18.6. The van der Waals surface area contributed by atoms with Gasteiger partial charge in [0.1, 0.15) is 17.2 Å². The van der Waals surface area contributed by atoms with Crippen molar-refractivity contribution in [2.75, 3.05) is 11.9 Å². The number of carboxylic acids is 1. The standard InChI is InChI=1S/C11H17N3O6S/c1-5(2)7(4-15)14-9-8(11(16)17)10(21(18,19)20)13-6(3)12-9/h5,7,15H,4H2,1-3H3,(H,16,17)(H,12,13,14)(H,18,19,20). The summed E-state index contributed by atoms with van der Waals surface area (Å²) in [6.07, 6.45) is 0. The maximum Gasteiger partial charge on any atom is 0.342 e. The van der Waals surface area contributed by atoms with Crippen molar-refractivity contribution in [2.45, 2.75) is 31.8 Å². The third-order valence-corrected chi connectivity index (χ3v) is 3.55. The fourth-order valence-electron chi connectivity index (χ4n) is 1.63. The summed E-state index contributed by atoms with van der Waals surface area (Å²) >= 11 is 0. The van der Waals surface area contributed by atoms with Gasteiger partial charge in [0, 0.05) is 0 Å². The first-order valence-electron chi connectivity index (χ1n) is 6.04. The van der Waals surface area contributed by atoms with Crippen LogP contribution in [0.1, 0.15) is 30.0 Å². The zero-order valence-electron chi connectivity index (χ0n) is 11.7. The fraction of sp³-hybridized carbons (Fsp3) is 0.545. The lowest BCUT2D eigenvalue weighted by molar-refractivity contribution is 0.0691. The van der Waals surface area contributed by atoms with Crippen molar-refractivity contribution in [1.29, 1.82) is 0 Å². The van der Waals surface area contributed by atoms with Crippen LogP contribution < -0.4 is 5.32 Å². The number of carbonyl (C=O) groups is 1. The molecular weight excluding hydrogens is 302 g/mol. The molecule has 0 radical (unpaired) electrons. The van der Waals surface area contributed by atoms with Crippen LogP contribution in [-0.4, -0.2) is 51.8 Å². The molecule has 1 unspecified atom stereocenters. The second-order valence-corrected chi connectivity index (χ2v) is 6.09. The lowest BCUT2D eigenvalue weighted by Gasteiger charge is -2.22. The molecule has 21 heavy (non-hydrogen) atoms. The van der Waals surface area contributed by atoms with Crippen molar-refractivity contribution in [1.82, 2.24) is 9.97 Å². The van der Waals surface area contributed by atoms with Gasteiger partial charge in [-0.2, -0.15) is 8.42 Å². The van der Waals surface area contributed by atoms with Crippen LogP contribution in [0.25, 0.3) is 0 Å². The maximum absolute atomic E-state index is 11.3. The number of hydrogen-bond donors (Lipinski definition) is 4. The van der Waals surface area contributed by atoms with E-state index in [-0.39, 0.29) is 24.2 Å². The summed E-state index contributed by atoms with van der Waals surface area (Å²) in [7, 11) is -4.82. The molecule has 118 valence electrons. The Morgan fingerprint density at radius 2 is 1.90 bits per heavy atom. The Labute approximate surface area is 121 Å². The molecule has 10 heteroatoms. The first kappa shape index (κ1) is 17.3. The average molecular weight is 319 g/mol. The summed E-state index contributed by atoms with van der Waals surface area (Å²) in [5, 5.41) is 20.1. The highest BCUT2D eigenvalue weighted by Gasteiger charge is 2.29. The van der Waals surface area contributed by atoms with Crippen LogP contribution in [0.5, 0.6) is 0 Å². The van der Waals surface area contributed by atoms with Gasteiger partial charge in [0.05, 0.1) is 12.6 Å². The summed E-state index contributed by atoms with van der Waals surface area (Å²) in [6.45, 7) is 4.62. The van der Waals surface area contributed by atoms with Crippen LogP contribution in [-0.2, 0) is 10.1 Å². The molecule has 1 atom stereocenters. The van der Waals surface area contributed by atoms with Gasteiger partial charge < -0.3 is 15.5 Å². The van der Waals surface area contributed by atoms with Gasteiger partial charge in [-0.05, 0) is 12.8 Å². The minimum atomic E-state index is -4.82. The monoisotopic (exact) mass is 319 g/mol. The number of nitrogens with one attached hydrogen (secondary N) is 1. The molecule has 1 rings (SSSR count). The molecule has 0 aliphatic carbocycles. The van der Waals surface area contributed by atoms with E-state index in [0.717, 1.165) is 0 Å².